The second-order valence-corrected chi connectivity index (χ2v) is 9.54. The normalized spacial score (nSPS) is 20.4. The molecule has 0 aliphatic carbocycles. The highest BCUT2D eigenvalue weighted by Gasteiger charge is 2.52. The fourth-order valence-corrected chi connectivity index (χ4v) is 4.76. The molecule has 0 aromatic heterocycles. The van der Waals surface area contributed by atoms with Crippen LogP contribution in [0.1, 0.15) is 47.0 Å². The summed E-state index contributed by atoms with van der Waals surface area (Å²) in [7, 11) is -4.11. The van der Waals surface area contributed by atoms with Gasteiger partial charge in [-0.15, -0.1) is 0 Å². The number of sulfonamides is 1. The first-order valence-corrected chi connectivity index (χ1v) is 10.5. The van der Waals surface area contributed by atoms with Crippen molar-refractivity contribution < 1.29 is 18.0 Å². The first-order valence-electron chi connectivity index (χ1n) is 8.59. The molecule has 1 atom stereocenters. The number of carbonyl (C=O) groups is 2. The summed E-state index contributed by atoms with van der Waals surface area (Å²) in [5, 5.41) is 0.0311. The summed E-state index contributed by atoms with van der Waals surface area (Å²) in [4.78, 5) is 26.8. The van der Waals surface area contributed by atoms with Gasteiger partial charge in [0.05, 0.1) is 5.02 Å². The van der Waals surface area contributed by atoms with Crippen LogP contribution in [-0.4, -0.2) is 37.2 Å². The molecule has 0 radical (unpaired) electrons. The van der Waals surface area contributed by atoms with Crippen LogP contribution in [0.3, 0.4) is 0 Å². The lowest BCUT2D eigenvalue weighted by atomic mass is 9.79. The number of nitrogens with zero attached hydrogens (tertiary/aromatic N) is 1. The quantitative estimate of drug-likeness (QED) is 0.795. The van der Waals surface area contributed by atoms with Crippen molar-refractivity contribution in [2.45, 2.75) is 57.4 Å². The Balaban J connectivity index is 2.21. The van der Waals surface area contributed by atoms with Gasteiger partial charge in [0.15, 0.2) is 0 Å². The molecule has 26 heavy (non-hydrogen) atoms. The molecule has 1 aliphatic rings. The largest absolute Gasteiger partial charge is 0.328 e. The molecule has 144 valence electrons. The minimum atomic E-state index is -4.11. The number of benzene rings is 1. The van der Waals surface area contributed by atoms with Gasteiger partial charge in [-0.1, -0.05) is 50.9 Å². The van der Waals surface area contributed by atoms with E-state index in [9.17, 15) is 18.0 Å². The maximum atomic E-state index is 12.8. The van der Waals surface area contributed by atoms with Gasteiger partial charge < -0.3 is 4.90 Å². The van der Waals surface area contributed by atoms with E-state index in [2.05, 4.69) is 4.72 Å². The Kier molecular flexibility index (Phi) is 5.73. The first kappa shape index (κ1) is 20.7. The Hall–Kier alpha value is -1.60. The number of nitrogens with one attached hydrogen (secondary N) is 1. The average molecular weight is 401 g/mol. The van der Waals surface area contributed by atoms with Crippen LogP contribution in [0.5, 0.6) is 0 Å². The Morgan fingerprint density at radius 1 is 1.31 bits per heavy atom. The van der Waals surface area contributed by atoms with Gasteiger partial charge in [0, 0.05) is 12.0 Å². The number of halogens is 1. The van der Waals surface area contributed by atoms with E-state index in [1.54, 1.807) is 13.0 Å². The van der Waals surface area contributed by atoms with E-state index in [1.807, 2.05) is 20.8 Å². The molecule has 1 aromatic rings. The number of hydrogen-bond acceptors (Lipinski definition) is 4. The molecule has 6 nitrogen and oxygen atoms in total. The molecule has 0 saturated carbocycles. The molecule has 2 rings (SSSR count). The van der Waals surface area contributed by atoms with Crippen molar-refractivity contribution in [1.29, 1.82) is 0 Å². The Morgan fingerprint density at radius 2 is 1.92 bits per heavy atom. The second-order valence-electron chi connectivity index (χ2n) is 7.48. The van der Waals surface area contributed by atoms with Crippen LogP contribution in [0.2, 0.25) is 5.02 Å². The van der Waals surface area contributed by atoms with Gasteiger partial charge in [-0.05, 0) is 31.9 Å². The van der Waals surface area contributed by atoms with Gasteiger partial charge in [-0.3, -0.25) is 9.59 Å². The third-order valence-corrected chi connectivity index (χ3v) is 6.79. The molecule has 1 heterocycles. The minimum Gasteiger partial charge on any atom is -0.328 e. The van der Waals surface area contributed by atoms with Gasteiger partial charge in [0.1, 0.15) is 10.4 Å². The summed E-state index contributed by atoms with van der Waals surface area (Å²) >= 11 is 5.93. The van der Waals surface area contributed by atoms with Crippen molar-refractivity contribution in [2.75, 3.05) is 6.54 Å². The lowest BCUT2D eigenvalue weighted by Gasteiger charge is -2.51. The van der Waals surface area contributed by atoms with Crippen LogP contribution in [0.4, 0.5) is 0 Å². The van der Waals surface area contributed by atoms with E-state index in [1.165, 1.54) is 23.1 Å². The first-order chi connectivity index (χ1) is 12.0. The highest BCUT2D eigenvalue weighted by Crippen LogP contribution is 2.37. The van der Waals surface area contributed by atoms with Crippen LogP contribution < -0.4 is 4.72 Å². The van der Waals surface area contributed by atoms with Gasteiger partial charge in [0.2, 0.25) is 5.91 Å². The molecule has 1 saturated heterocycles. The predicted octanol–water partition coefficient (Wildman–Crippen LogP) is 2.96. The zero-order valence-corrected chi connectivity index (χ0v) is 17.1. The van der Waals surface area contributed by atoms with Crippen LogP contribution in [-0.2, 0) is 19.6 Å². The highest BCUT2D eigenvalue weighted by atomic mass is 35.5. The maximum Gasteiger partial charge on any atom is 0.265 e. The van der Waals surface area contributed by atoms with Crippen molar-refractivity contribution in [2.24, 2.45) is 5.41 Å². The minimum absolute atomic E-state index is 0.0311. The maximum absolute atomic E-state index is 12.8. The van der Waals surface area contributed by atoms with Crippen LogP contribution >= 0.6 is 11.6 Å². The zero-order valence-electron chi connectivity index (χ0n) is 15.5. The van der Waals surface area contributed by atoms with E-state index in [4.69, 9.17) is 11.6 Å². The Bertz CT molecular complexity index is 822. The van der Waals surface area contributed by atoms with E-state index < -0.39 is 26.9 Å². The van der Waals surface area contributed by atoms with Crippen LogP contribution in [0.25, 0.3) is 0 Å². The molecule has 1 N–H and O–H groups in total. The number of amides is 2. The summed E-state index contributed by atoms with van der Waals surface area (Å²) in [6.07, 6.45) is 1.94. The van der Waals surface area contributed by atoms with Gasteiger partial charge in [-0.25, -0.2) is 13.1 Å². The molecule has 1 aromatic carbocycles. The molecule has 1 aliphatic heterocycles. The van der Waals surface area contributed by atoms with E-state index in [0.29, 0.717) is 19.4 Å². The third-order valence-electron chi connectivity index (χ3n) is 4.96. The van der Waals surface area contributed by atoms with E-state index in [-0.39, 0.29) is 15.8 Å². The SMILES string of the molecule is CCCC(C)(C)C(=O)N1CCC1(C)C(=O)NS(=O)(=O)c1ccccc1Cl. The van der Waals surface area contributed by atoms with Crippen molar-refractivity contribution in [3.8, 4) is 0 Å². The fraction of sp³-hybridized carbons (Fsp3) is 0.556. The van der Waals surface area contributed by atoms with Crippen molar-refractivity contribution in [3.63, 3.8) is 0 Å². The lowest BCUT2D eigenvalue weighted by molar-refractivity contribution is -0.163. The molecule has 8 heteroatoms. The smallest absolute Gasteiger partial charge is 0.265 e. The van der Waals surface area contributed by atoms with Crippen LogP contribution in [0.15, 0.2) is 29.2 Å². The number of likely N-dealkylation sites (tertiary alicyclic amines) is 1. The van der Waals surface area contributed by atoms with E-state index >= 15 is 0 Å². The molecule has 0 bridgehead atoms. The number of hydrogen-bond donors (Lipinski definition) is 1. The third kappa shape index (κ3) is 3.74. The number of carbonyl (C=O) groups excluding carboxylic acids is 2. The lowest BCUT2D eigenvalue weighted by Crippen LogP contribution is -2.69. The molecule has 1 fully saturated rings. The molecule has 0 spiro atoms. The second kappa shape index (κ2) is 7.19. The van der Waals surface area contributed by atoms with Crippen molar-refractivity contribution in [3.05, 3.63) is 29.3 Å². The summed E-state index contributed by atoms with van der Waals surface area (Å²) in [5.41, 5.74) is -1.78. The van der Waals surface area contributed by atoms with E-state index in [0.717, 1.165) is 6.42 Å². The summed E-state index contributed by atoms with van der Waals surface area (Å²) in [6, 6.07) is 5.90. The standard InChI is InChI=1S/C18H25ClN2O4S/c1-5-10-17(2,3)16(23)21-12-11-18(21,4)15(22)20-26(24,25)14-9-7-6-8-13(14)19/h6-9H,5,10-12H2,1-4H3,(H,20,22). The average Bonchev–Trinajstić information content (AvgIpc) is 2.52. The zero-order chi connectivity index (χ0) is 19.8. The van der Waals surface area contributed by atoms with Crippen LogP contribution in [0, 0.1) is 5.41 Å². The van der Waals surface area contributed by atoms with Gasteiger partial charge in [0.25, 0.3) is 15.9 Å². The number of rotatable bonds is 6. The van der Waals surface area contributed by atoms with Crippen molar-refractivity contribution >= 4 is 33.4 Å². The van der Waals surface area contributed by atoms with Gasteiger partial charge >= 0.3 is 0 Å². The van der Waals surface area contributed by atoms with Gasteiger partial charge in [-0.2, -0.15) is 0 Å². The molecule has 2 amide bonds. The Morgan fingerprint density at radius 3 is 2.42 bits per heavy atom. The summed E-state index contributed by atoms with van der Waals surface area (Å²) in [6.45, 7) is 7.70. The topological polar surface area (TPSA) is 83.6 Å². The highest BCUT2D eigenvalue weighted by molar-refractivity contribution is 7.90. The van der Waals surface area contributed by atoms with Crippen molar-refractivity contribution in [1.82, 2.24) is 9.62 Å². The predicted molar refractivity (Wildman–Crippen MR) is 100 cm³/mol. The molecular formula is C18H25ClN2O4S. The molecular weight excluding hydrogens is 376 g/mol. The Labute approximate surface area is 160 Å². The fourth-order valence-electron chi connectivity index (χ4n) is 3.17. The molecule has 1 unspecified atom stereocenters. The monoisotopic (exact) mass is 400 g/mol. The summed E-state index contributed by atoms with van der Waals surface area (Å²) in [5.74, 6) is -0.859. The summed E-state index contributed by atoms with van der Waals surface area (Å²) < 4.78 is 27.1.